The van der Waals surface area contributed by atoms with E-state index in [9.17, 15) is 0 Å². The Morgan fingerprint density at radius 2 is 2.11 bits per heavy atom. The summed E-state index contributed by atoms with van der Waals surface area (Å²) >= 11 is 8.10. The molecular weight excluding hydrogens is 263 g/mol. The van der Waals surface area contributed by atoms with Gasteiger partial charge in [0.25, 0.3) is 0 Å². The lowest BCUT2D eigenvalue weighted by Crippen LogP contribution is -2.05. The average molecular weight is 269 g/mol. The highest BCUT2D eigenvalue weighted by atomic mass is 127. The second-order valence-corrected chi connectivity index (χ2v) is 4.43. The Labute approximate surface area is 76.2 Å². The fraction of sp³-hybridized carbons (Fsp3) is 0. The van der Waals surface area contributed by atoms with Gasteiger partial charge in [-0.15, -0.1) is 0 Å². The fourth-order valence-electron chi connectivity index (χ4n) is 0.612. The molecule has 0 radical (unpaired) electrons. The normalized spacial score (nSPS) is 10.0. The van der Waals surface area contributed by atoms with Gasteiger partial charge in [-0.1, -0.05) is 28.9 Å². The molecule has 0 aliphatic carbocycles. The molecule has 0 amide bonds. The van der Waals surface area contributed by atoms with Crippen molar-refractivity contribution in [2.75, 3.05) is 0 Å². The van der Waals surface area contributed by atoms with Gasteiger partial charge in [-0.2, -0.15) is 0 Å². The predicted octanol–water partition coefficient (Wildman–Crippen LogP) is 0.935. The van der Waals surface area contributed by atoms with E-state index in [1.807, 2.05) is 12.1 Å². The maximum atomic E-state index is 5.83. The summed E-state index contributed by atoms with van der Waals surface area (Å²) in [4.78, 5) is 0. The maximum Gasteiger partial charge on any atom is 0.0537 e. The van der Waals surface area contributed by atoms with E-state index < -0.39 is 0 Å². The zero-order chi connectivity index (χ0) is 6.85. The van der Waals surface area contributed by atoms with Crippen LogP contribution in [0.2, 0.25) is 5.02 Å². The summed E-state index contributed by atoms with van der Waals surface area (Å²) in [5.74, 6) is 0. The van der Waals surface area contributed by atoms with E-state index in [2.05, 4.69) is 28.7 Å². The molecule has 0 saturated carbocycles. The van der Waals surface area contributed by atoms with Crippen molar-refractivity contribution in [3.63, 3.8) is 0 Å². The van der Waals surface area contributed by atoms with Gasteiger partial charge in [0.05, 0.1) is 5.02 Å². The van der Waals surface area contributed by atoms with Crippen LogP contribution in [0, 0.1) is 3.57 Å². The van der Waals surface area contributed by atoms with E-state index >= 15 is 0 Å². The van der Waals surface area contributed by atoms with Crippen molar-refractivity contribution in [3.05, 3.63) is 26.8 Å². The monoisotopic (exact) mass is 268 g/mol. The van der Waals surface area contributed by atoms with Crippen molar-refractivity contribution in [3.8, 4) is 0 Å². The van der Waals surface area contributed by atoms with Gasteiger partial charge in [0.15, 0.2) is 0 Å². The number of hydrogen-bond donors (Lipinski definition) is 0. The van der Waals surface area contributed by atoms with Gasteiger partial charge >= 0.3 is 0 Å². The minimum atomic E-state index is 0.878. The second kappa shape index (κ2) is 3.03. The summed E-state index contributed by atoms with van der Waals surface area (Å²) in [6.45, 7) is 0. The third-order valence-corrected chi connectivity index (χ3v) is 5.06. The first-order valence-electron chi connectivity index (χ1n) is 2.62. The Morgan fingerprint density at radius 3 is 2.56 bits per heavy atom. The van der Waals surface area contributed by atoms with Gasteiger partial charge in [-0.05, 0) is 28.7 Å². The van der Waals surface area contributed by atoms with Gasteiger partial charge in [0.2, 0.25) is 0 Å². The van der Waals surface area contributed by atoms with Crippen LogP contribution < -0.4 is 5.19 Å². The third kappa shape index (κ3) is 1.69. The zero-order valence-corrected chi connectivity index (χ0v) is 9.90. The fourth-order valence-corrected chi connectivity index (χ4v) is 1.81. The Morgan fingerprint density at radius 1 is 1.44 bits per heavy atom. The van der Waals surface area contributed by atoms with Crippen molar-refractivity contribution >= 4 is 49.6 Å². The molecule has 0 aromatic heterocycles. The van der Waals surface area contributed by atoms with Gasteiger partial charge in [0.1, 0.15) is 0 Å². The van der Waals surface area contributed by atoms with Crippen molar-refractivity contribution in [2.24, 2.45) is 0 Å². The number of rotatable bonds is 0. The van der Waals surface area contributed by atoms with Crippen LogP contribution >= 0.6 is 34.2 Å². The predicted molar refractivity (Wildman–Crippen MR) is 53.7 cm³/mol. The molecule has 1 aromatic carbocycles. The summed E-state index contributed by atoms with van der Waals surface area (Å²) in [5, 5.41) is 2.26. The highest BCUT2D eigenvalue weighted by molar-refractivity contribution is 14.1. The Bertz CT molecular complexity index is 204. The zero-order valence-electron chi connectivity index (χ0n) is 4.99. The van der Waals surface area contributed by atoms with Crippen molar-refractivity contribution in [2.45, 2.75) is 0 Å². The molecule has 48 valence electrons. The molecule has 0 fully saturated rings. The molecule has 0 N–H and O–H groups in total. The summed E-state index contributed by atoms with van der Waals surface area (Å²) in [6, 6.07) is 6.03. The van der Waals surface area contributed by atoms with Gasteiger partial charge in [-0.25, -0.2) is 0 Å². The molecule has 0 aliphatic heterocycles. The van der Waals surface area contributed by atoms with E-state index in [1.54, 1.807) is 0 Å². The SMILES string of the molecule is [SiH3]c1cccc(Cl)c1I. The van der Waals surface area contributed by atoms with E-state index in [-0.39, 0.29) is 0 Å². The smallest absolute Gasteiger partial charge is 0.0537 e. The number of benzene rings is 1. The first-order chi connectivity index (χ1) is 4.22. The van der Waals surface area contributed by atoms with Crippen molar-refractivity contribution in [1.82, 2.24) is 0 Å². The lowest BCUT2D eigenvalue weighted by Gasteiger charge is -1.97. The molecule has 0 spiro atoms. The highest BCUT2D eigenvalue weighted by Gasteiger charge is 1.95. The standard InChI is InChI=1S/C6H6ClISi/c7-4-2-1-3-5(9)6(4)8/h1-3H,9H3. The Balaban J connectivity index is 3.25. The molecule has 0 atom stereocenters. The van der Waals surface area contributed by atoms with Crippen LogP contribution in [-0.2, 0) is 0 Å². The molecule has 3 heteroatoms. The molecule has 0 nitrogen and oxygen atoms in total. The van der Waals surface area contributed by atoms with Crippen molar-refractivity contribution < 1.29 is 0 Å². The van der Waals surface area contributed by atoms with Crippen LogP contribution in [0.25, 0.3) is 0 Å². The van der Waals surface area contributed by atoms with Gasteiger partial charge in [-0.3, -0.25) is 0 Å². The molecule has 1 rings (SSSR count). The van der Waals surface area contributed by atoms with E-state index in [0.717, 1.165) is 15.3 Å². The van der Waals surface area contributed by atoms with Crippen LogP contribution in [0.5, 0.6) is 0 Å². The molecule has 9 heavy (non-hydrogen) atoms. The first-order valence-corrected chi connectivity index (χ1v) is 5.08. The van der Waals surface area contributed by atoms with Crippen molar-refractivity contribution in [1.29, 1.82) is 0 Å². The minimum Gasteiger partial charge on any atom is -0.0832 e. The Hall–Kier alpha value is 0.457. The quantitative estimate of drug-likeness (QED) is 0.485. The summed E-state index contributed by atoms with van der Waals surface area (Å²) in [5.41, 5.74) is 0. The average Bonchev–Trinajstić information content (AvgIpc) is 1.83. The maximum absolute atomic E-state index is 5.83. The van der Waals surface area contributed by atoms with E-state index in [0.29, 0.717) is 0 Å². The molecule has 0 aliphatic rings. The number of hydrogen-bond acceptors (Lipinski definition) is 0. The summed E-state index contributed by atoms with van der Waals surface area (Å²) in [7, 11) is 1.08. The van der Waals surface area contributed by atoms with E-state index in [4.69, 9.17) is 11.6 Å². The number of halogens is 2. The van der Waals surface area contributed by atoms with Crippen LogP contribution in [0.15, 0.2) is 18.2 Å². The van der Waals surface area contributed by atoms with Crippen LogP contribution in [0.1, 0.15) is 0 Å². The molecule has 1 aromatic rings. The lowest BCUT2D eigenvalue weighted by atomic mass is 10.4. The molecule has 0 heterocycles. The minimum absolute atomic E-state index is 0.878. The van der Waals surface area contributed by atoms with Gasteiger partial charge in [0, 0.05) is 13.8 Å². The van der Waals surface area contributed by atoms with E-state index in [1.165, 1.54) is 8.76 Å². The van der Waals surface area contributed by atoms with Crippen LogP contribution in [0.3, 0.4) is 0 Å². The first kappa shape index (κ1) is 7.56. The largest absolute Gasteiger partial charge is 0.0832 e. The topological polar surface area (TPSA) is 0 Å². The highest BCUT2D eigenvalue weighted by Crippen LogP contribution is 2.13. The second-order valence-electron chi connectivity index (χ2n) is 1.87. The molecular formula is C6H6ClISi. The Kier molecular flexibility index (Phi) is 2.55. The van der Waals surface area contributed by atoms with Crippen LogP contribution in [-0.4, -0.2) is 10.2 Å². The summed E-state index contributed by atoms with van der Waals surface area (Å²) in [6.07, 6.45) is 0. The van der Waals surface area contributed by atoms with Gasteiger partial charge < -0.3 is 0 Å². The van der Waals surface area contributed by atoms with Crippen LogP contribution in [0.4, 0.5) is 0 Å². The molecule has 0 unspecified atom stereocenters. The molecule has 0 saturated heterocycles. The summed E-state index contributed by atoms with van der Waals surface area (Å²) < 4.78 is 1.21. The molecule has 0 bridgehead atoms. The third-order valence-electron chi connectivity index (χ3n) is 1.14. The lowest BCUT2D eigenvalue weighted by molar-refractivity contribution is 1.71.